The largest absolute Gasteiger partial charge is 0.330 e. The van der Waals surface area contributed by atoms with E-state index >= 15 is 0 Å². The minimum atomic E-state index is 0. The van der Waals surface area contributed by atoms with Crippen molar-refractivity contribution in [2.24, 2.45) is 5.73 Å². The number of rotatable bonds is 5. The van der Waals surface area contributed by atoms with Crippen LogP contribution in [0.3, 0.4) is 0 Å². The Morgan fingerprint density at radius 2 is 1.78 bits per heavy atom. The van der Waals surface area contributed by atoms with Crippen LogP contribution in [0, 0.1) is 0 Å². The molecule has 2 heterocycles. The van der Waals surface area contributed by atoms with Gasteiger partial charge in [0.2, 0.25) is 0 Å². The first kappa shape index (κ1) is 21.6. The third-order valence-corrected chi connectivity index (χ3v) is 3.34. The minimum Gasteiger partial charge on any atom is -0.330 e. The Balaban J connectivity index is 0.00000161. The molecule has 8 heteroatoms. The molecule has 0 aliphatic rings. The van der Waals surface area contributed by atoms with Crippen LogP contribution >= 0.6 is 37.2 Å². The van der Waals surface area contributed by atoms with E-state index in [1.807, 2.05) is 24.3 Å². The number of nitrogens with zero attached hydrogens (tertiary/aromatic N) is 4. The van der Waals surface area contributed by atoms with Gasteiger partial charge in [0.25, 0.3) is 0 Å². The molecular weight excluding hydrogens is 357 g/mol. The lowest BCUT2D eigenvalue weighted by Gasteiger charge is -2.08. The Labute approximate surface area is 154 Å². The van der Waals surface area contributed by atoms with Gasteiger partial charge in [0.15, 0.2) is 0 Å². The monoisotopic (exact) mass is 375 g/mol. The van der Waals surface area contributed by atoms with Gasteiger partial charge in [-0.1, -0.05) is 12.1 Å². The summed E-state index contributed by atoms with van der Waals surface area (Å²) >= 11 is 0. The number of aryl methyl sites for hydroxylation is 2. The Morgan fingerprint density at radius 1 is 1.00 bits per heavy atom. The highest BCUT2D eigenvalue weighted by Gasteiger charge is 2.09. The molecular formula is C15H20Cl3N5. The van der Waals surface area contributed by atoms with Crippen LogP contribution in [0.25, 0.3) is 11.0 Å². The molecule has 2 N–H and O–H groups in total. The van der Waals surface area contributed by atoms with Crippen molar-refractivity contribution in [3.8, 4) is 0 Å². The van der Waals surface area contributed by atoms with E-state index in [0.29, 0.717) is 6.54 Å². The number of aromatic nitrogens is 4. The summed E-state index contributed by atoms with van der Waals surface area (Å²) in [6, 6.07) is 10.1. The van der Waals surface area contributed by atoms with Crippen LogP contribution in [0.5, 0.6) is 0 Å². The van der Waals surface area contributed by atoms with E-state index in [1.165, 1.54) is 0 Å². The van der Waals surface area contributed by atoms with E-state index < -0.39 is 0 Å². The minimum absolute atomic E-state index is 0. The Hall–Kier alpha value is -1.40. The van der Waals surface area contributed by atoms with E-state index in [0.717, 1.165) is 41.9 Å². The molecule has 0 saturated heterocycles. The number of benzene rings is 1. The lowest BCUT2D eigenvalue weighted by atomic mass is 10.2. The van der Waals surface area contributed by atoms with Crippen molar-refractivity contribution >= 4 is 48.3 Å². The van der Waals surface area contributed by atoms with Crippen LogP contribution in [0.4, 0.5) is 0 Å². The van der Waals surface area contributed by atoms with Crippen LogP contribution in [0.1, 0.15) is 11.5 Å². The molecule has 0 bridgehead atoms. The van der Waals surface area contributed by atoms with E-state index in [4.69, 9.17) is 5.73 Å². The Bertz CT molecular complexity index is 703. The van der Waals surface area contributed by atoms with E-state index in [2.05, 4.69) is 25.6 Å². The van der Waals surface area contributed by atoms with Crippen molar-refractivity contribution in [2.45, 2.75) is 19.4 Å². The lowest BCUT2D eigenvalue weighted by Crippen LogP contribution is -2.11. The van der Waals surface area contributed by atoms with Crippen molar-refractivity contribution < 1.29 is 0 Å². The first-order chi connectivity index (χ1) is 9.88. The summed E-state index contributed by atoms with van der Waals surface area (Å²) in [5, 5.41) is 0. The van der Waals surface area contributed by atoms with Crippen LogP contribution in [-0.2, 0) is 19.4 Å². The van der Waals surface area contributed by atoms with Crippen LogP contribution < -0.4 is 5.73 Å². The normalized spacial score (nSPS) is 9.61. The van der Waals surface area contributed by atoms with Gasteiger partial charge in [-0.05, 0) is 24.7 Å². The fourth-order valence-electron chi connectivity index (χ4n) is 2.39. The zero-order chi connectivity index (χ0) is 13.8. The average molecular weight is 377 g/mol. The third kappa shape index (κ3) is 5.04. The molecule has 0 radical (unpaired) electrons. The smallest absolute Gasteiger partial charge is 0.115 e. The highest BCUT2D eigenvalue weighted by atomic mass is 35.5. The van der Waals surface area contributed by atoms with Gasteiger partial charge in [-0.15, -0.1) is 37.2 Å². The summed E-state index contributed by atoms with van der Waals surface area (Å²) in [7, 11) is 0. The van der Waals surface area contributed by atoms with Gasteiger partial charge in [0, 0.05) is 31.3 Å². The van der Waals surface area contributed by atoms with E-state index in [9.17, 15) is 0 Å². The summed E-state index contributed by atoms with van der Waals surface area (Å²) in [5.74, 6) is 1.04. The fourth-order valence-corrected chi connectivity index (χ4v) is 2.39. The van der Waals surface area contributed by atoms with Gasteiger partial charge in [-0.2, -0.15) is 0 Å². The molecule has 23 heavy (non-hydrogen) atoms. The second kappa shape index (κ2) is 10.4. The zero-order valence-electron chi connectivity index (χ0n) is 12.5. The first-order valence-corrected chi connectivity index (χ1v) is 6.77. The molecule has 0 aliphatic heterocycles. The quantitative estimate of drug-likeness (QED) is 0.743. The molecule has 0 spiro atoms. The van der Waals surface area contributed by atoms with Crippen LogP contribution in [0.15, 0.2) is 42.9 Å². The van der Waals surface area contributed by atoms with Crippen LogP contribution in [0.2, 0.25) is 0 Å². The predicted octanol–water partition coefficient (Wildman–Crippen LogP) is 2.84. The molecule has 2 aromatic heterocycles. The molecule has 0 saturated carbocycles. The van der Waals surface area contributed by atoms with Gasteiger partial charge in [-0.3, -0.25) is 0 Å². The molecule has 0 aliphatic carbocycles. The number of nitrogens with two attached hydrogens (primary N) is 1. The molecule has 0 unspecified atom stereocenters. The first-order valence-electron chi connectivity index (χ1n) is 6.77. The van der Waals surface area contributed by atoms with Gasteiger partial charge in [0.05, 0.1) is 11.0 Å². The molecule has 3 rings (SSSR count). The maximum Gasteiger partial charge on any atom is 0.115 e. The number of para-hydroxylation sites is 2. The topological polar surface area (TPSA) is 69.6 Å². The summed E-state index contributed by atoms with van der Waals surface area (Å²) < 4.78 is 2.24. The van der Waals surface area contributed by atoms with Crippen molar-refractivity contribution in [2.75, 3.05) is 6.54 Å². The van der Waals surface area contributed by atoms with Crippen molar-refractivity contribution in [1.82, 2.24) is 19.5 Å². The standard InChI is InChI=1S/C15H17N5.3ClH/c16-8-5-15-19-13-3-1-2-4-14(13)20(15)10-7-12-6-9-17-11-18-12;;;/h1-4,6,9,11H,5,7-8,10,16H2;3*1H. The zero-order valence-corrected chi connectivity index (χ0v) is 14.9. The number of imidazole rings is 1. The van der Waals surface area contributed by atoms with E-state index in [1.54, 1.807) is 12.5 Å². The SMILES string of the molecule is Cl.Cl.Cl.NCCc1nc2ccccc2n1CCc1ccncn1. The second-order valence-corrected chi connectivity index (χ2v) is 4.66. The van der Waals surface area contributed by atoms with Crippen molar-refractivity contribution in [3.63, 3.8) is 0 Å². The summed E-state index contributed by atoms with van der Waals surface area (Å²) in [5.41, 5.74) is 8.91. The van der Waals surface area contributed by atoms with Gasteiger partial charge in [0.1, 0.15) is 12.2 Å². The summed E-state index contributed by atoms with van der Waals surface area (Å²) in [4.78, 5) is 12.9. The molecule has 0 amide bonds. The number of fused-ring (bicyclic) bond motifs is 1. The molecule has 5 nitrogen and oxygen atoms in total. The van der Waals surface area contributed by atoms with Crippen molar-refractivity contribution in [1.29, 1.82) is 0 Å². The number of hydrogen-bond donors (Lipinski definition) is 1. The number of halogens is 3. The Morgan fingerprint density at radius 3 is 2.48 bits per heavy atom. The number of hydrogen-bond acceptors (Lipinski definition) is 4. The molecule has 3 aromatic rings. The van der Waals surface area contributed by atoms with E-state index in [-0.39, 0.29) is 37.2 Å². The van der Waals surface area contributed by atoms with Gasteiger partial charge < -0.3 is 10.3 Å². The van der Waals surface area contributed by atoms with Crippen LogP contribution in [-0.4, -0.2) is 26.1 Å². The molecule has 0 fully saturated rings. The third-order valence-electron chi connectivity index (χ3n) is 3.34. The molecule has 0 atom stereocenters. The van der Waals surface area contributed by atoms with Gasteiger partial charge >= 0.3 is 0 Å². The Kier molecular flexibility index (Phi) is 9.76. The highest BCUT2D eigenvalue weighted by Crippen LogP contribution is 2.16. The van der Waals surface area contributed by atoms with Gasteiger partial charge in [-0.25, -0.2) is 15.0 Å². The fraction of sp³-hybridized carbons (Fsp3) is 0.267. The second-order valence-electron chi connectivity index (χ2n) is 4.66. The van der Waals surface area contributed by atoms with Crippen molar-refractivity contribution in [3.05, 3.63) is 54.4 Å². The lowest BCUT2D eigenvalue weighted by molar-refractivity contribution is 0.657. The predicted molar refractivity (Wildman–Crippen MR) is 100.0 cm³/mol. The highest BCUT2D eigenvalue weighted by molar-refractivity contribution is 5.86. The maximum atomic E-state index is 5.68. The average Bonchev–Trinajstić information content (AvgIpc) is 2.84. The molecule has 1 aromatic carbocycles. The summed E-state index contributed by atoms with van der Waals surface area (Å²) in [6.45, 7) is 1.46. The molecule has 126 valence electrons. The summed E-state index contributed by atoms with van der Waals surface area (Å²) in [6.07, 6.45) is 5.01. The maximum absolute atomic E-state index is 5.68.